The van der Waals surface area contributed by atoms with E-state index in [4.69, 9.17) is 0 Å². The quantitative estimate of drug-likeness (QED) is 0.563. The Hall–Kier alpha value is -3.17. The van der Waals surface area contributed by atoms with Crippen molar-refractivity contribution in [1.82, 2.24) is 14.5 Å². The molecule has 162 valence electrons. The van der Waals surface area contributed by atoms with Crippen LogP contribution in [-0.2, 0) is 16.6 Å². The lowest BCUT2D eigenvalue weighted by atomic mass is 10.2. The first-order chi connectivity index (χ1) is 14.8. The Labute approximate surface area is 181 Å². The molecule has 1 aliphatic rings. The lowest BCUT2D eigenvalue weighted by Crippen LogP contribution is -2.25. The third kappa shape index (κ3) is 5.12. The highest BCUT2D eigenvalue weighted by molar-refractivity contribution is 7.89. The molecular weight excluding hydrogens is 414 g/mol. The van der Waals surface area contributed by atoms with Crippen molar-refractivity contribution in [1.29, 1.82) is 0 Å². The van der Waals surface area contributed by atoms with Crippen molar-refractivity contribution in [2.45, 2.75) is 30.3 Å². The SMILES string of the molecule is CN(C)c1ccc(Cn2nccc2NC(=O)c2ccc(S(=O)(=O)NC3CC3)cc2)cc1. The highest BCUT2D eigenvalue weighted by Gasteiger charge is 2.28. The van der Waals surface area contributed by atoms with Gasteiger partial charge in [-0.3, -0.25) is 4.79 Å². The van der Waals surface area contributed by atoms with Crippen LogP contribution in [0.5, 0.6) is 0 Å². The maximum Gasteiger partial charge on any atom is 0.256 e. The van der Waals surface area contributed by atoms with E-state index in [9.17, 15) is 13.2 Å². The minimum atomic E-state index is -3.54. The van der Waals surface area contributed by atoms with Gasteiger partial charge in [0.05, 0.1) is 17.6 Å². The van der Waals surface area contributed by atoms with E-state index in [-0.39, 0.29) is 16.8 Å². The van der Waals surface area contributed by atoms with E-state index in [1.54, 1.807) is 16.9 Å². The van der Waals surface area contributed by atoms with Crippen LogP contribution in [0.3, 0.4) is 0 Å². The van der Waals surface area contributed by atoms with Gasteiger partial charge in [-0.2, -0.15) is 5.10 Å². The molecule has 0 saturated heterocycles. The van der Waals surface area contributed by atoms with Crippen molar-refractivity contribution in [3.05, 3.63) is 71.9 Å². The first kappa shape index (κ1) is 21.1. The van der Waals surface area contributed by atoms with Crippen molar-refractivity contribution < 1.29 is 13.2 Å². The molecule has 2 aromatic carbocycles. The molecule has 9 heteroatoms. The highest BCUT2D eigenvalue weighted by atomic mass is 32.2. The Morgan fingerprint density at radius 2 is 1.74 bits per heavy atom. The van der Waals surface area contributed by atoms with Crippen molar-refractivity contribution in [2.24, 2.45) is 0 Å². The fourth-order valence-corrected chi connectivity index (χ4v) is 4.40. The first-order valence-electron chi connectivity index (χ1n) is 10.0. The minimum Gasteiger partial charge on any atom is -0.378 e. The third-order valence-electron chi connectivity index (χ3n) is 5.07. The molecule has 0 unspecified atom stereocenters. The largest absolute Gasteiger partial charge is 0.378 e. The lowest BCUT2D eigenvalue weighted by Gasteiger charge is -2.13. The highest BCUT2D eigenvalue weighted by Crippen LogP contribution is 2.22. The number of nitrogens with zero attached hydrogens (tertiary/aromatic N) is 3. The second kappa shape index (κ2) is 8.52. The molecule has 2 N–H and O–H groups in total. The molecule has 0 spiro atoms. The molecule has 4 rings (SSSR count). The number of aromatic nitrogens is 2. The van der Waals surface area contributed by atoms with E-state index in [1.807, 2.05) is 43.3 Å². The zero-order valence-electron chi connectivity index (χ0n) is 17.4. The van der Waals surface area contributed by atoms with Gasteiger partial charge in [-0.25, -0.2) is 17.8 Å². The molecule has 1 saturated carbocycles. The van der Waals surface area contributed by atoms with Crippen LogP contribution in [0, 0.1) is 0 Å². The van der Waals surface area contributed by atoms with Crippen molar-refractivity contribution in [2.75, 3.05) is 24.3 Å². The summed E-state index contributed by atoms with van der Waals surface area (Å²) >= 11 is 0. The van der Waals surface area contributed by atoms with Crippen LogP contribution in [0.1, 0.15) is 28.8 Å². The van der Waals surface area contributed by atoms with E-state index < -0.39 is 10.0 Å². The maximum atomic E-state index is 12.7. The molecule has 1 fully saturated rings. The average Bonchev–Trinajstić information content (AvgIpc) is 3.45. The van der Waals surface area contributed by atoms with Crippen LogP contribution >= 0.6 is 0 Å². The smallest absolute Gasteiger partial charge is 0.256 e. The molecule has 0 radical (unpaired) electrons. The molecule has 8 nitrogen and oxygen atoms in total. The Bertz CT molecular complexity index is 1160. The fraction of sp³-hybridized carbons (Fsp3) is 0.273. The van der Waals surface area contributed by atoms with Crippen LogP contribution in [0.2, 0.25) is 0 Å². The number of hydrogen-bond donors (Lipinski definition) is 2. The molecular formula is C22H25N5O3S. The predicted molar refractivity (Wildman–Crippen MR) is 120 cm³/mol. The number of rotatable bonds is 8. The Balaban J connectivity index is 1.43. The van der Waals surface area contributed by atoms with Crippen molar-refractivity contribution >= 4 is 27.4 Å². The van der Waals surface area contributed by atoms with Gasteiger partial charge in [-0.15, -0.1) is 0 Å². The number of anilines is 2. The number of benzene rings is 2. The van der Waals surface area contributed by atoms with Crippen molar-refractivity contribution in [3.8, 4) is 0 Å². The van der Waals surface area contributed by atoms with Gasteiger partial charge in [0.15, 0.2) is 0 Å². The van der Waals surface area contributed by atoms with Gasteiger partial charge in [0, 0.05) is 37.5 Å². The number of hydrogen-bond acceptors (Lipinski definition) is 5. The van der Waals surface area contributed by atoms with E-state index in [2.05, 4.69) is 15.1 Å². The van der Waals surface area contributed by atoms with E-state index >= 15 is 0 Å². The van der Waals surface area contributed by atoms with Gasteiger partial charge in [0.1, 0.15) is 5.82 Å². The summed E-state index contributed by atoms with van der Waals surface area (Å²) in [5.41, 5.74) is 2.53. The second-order valence-electron chi connectivity index (χ2n) is 7.81. The zero-order chi connectivity index (χ0) is 22.0. The Morgan fingerprint density at radius 3 is 2.35 bits per heavy atom. The van der Waals surface area contributed by atoms with Gasteiger partial charge < -0.3 is 10.2 Å². The summed E-state index contributed by atoms with van der Waals surface area (Å²) in [6, 6.07) is 15.8. The van der Waals surface area contributed by atoms with Gasteiger partial charge in [-0.1, -0.05) is 12.1 Å². The van der Waals surface area contributed by atoms with Crippen LogP contribution in [0.25, 0.3) is 0 Å². The number of carbonyl (C=O) groups is 1. The number of sulfonamides is 1. The normalized spacial score (nSPS) is 13.7. The standard InChI is InChI=1S/C22H25N5O3S/c1-26(2)19-9-3-16(4-10-19)15-27-21(13-14-23-27)24-22(28)17-5-11-20(12-6-17)31(29,30)25-18-7-8-18/h3-6,9-14,18,25H,7-8,15H2,1-2H3,(H,24,28). The van der Waals surface area contributed by atoms with Gasteiger partial charge in [0.2, 0.25) is 10.0 Å². The molecule has 31 heavy (non-hydrogen) atoms. The lowest BCUT2D eigenvalue weighted by molar-refractivity contribution is 0.102. The molecule has 0 bridgehead atoms. The fourth-order valence-electron chi connectivity index (χ4n) is 3.10. The zero-order valence-corrected chi connectivity index (χ0v) is 18.3. The molecule has 1 aliphatic carbocycles. The van der Waals surface area contributed by atoms with Crippen molar-refractivity contribution in [3.63, 3.8) is 0 Å². The Morgan fingerprint density at radius 1 is 1.06 bits per heavy atom. The Kier molecular flexibility index (Phi) is 5.79. The van der Waals surface area contributed by atoms with Crippen LogP contribution < -0.4 is 14.9 Å². The molecule has 1 heterocycles. The molecule has 3 aromatic rings. The summed E-state index contributed by atoms with van der Waals surface area (Å²) in [5, 5.41) is 7.14. The van der Waals surface area contributed by atoms with Crippen LogP contribution in [0.4, 0.5) is 11.5 Å². The number of amides is 1. The molecule has 1 amide bonds. The van der Waals surface area contributed by atoms with Crippen LogP contribution in [0.15, 0.2) is 65.7 Å². The third-order valence-corrected chi connectivity index (χ3v) is 6.61. The molecule has 0 atom stereocenters. The van der Waals surface area contributed by atoms with Gasteiger partial charge in [0.25, 0.3) is 5.91 Å². The van der Waals surface area contributed by atoms with E-state index in [0.717, 1.165) is 24.1 Å². The average molecular weight is 440 g/mol. The summed E-state index contributed by atoms with van der Waals surface area (Å²) in [6.45, 7) is 0.514. The van der Waals surface area contributed by atoms with E-state index in [0.29, 0.717) is 17.9 Å². The minimum absolute atomic E-state index is 0.0346. The topological polar surface area (TPSA) is 96.3 Å². The summed E-state index contributed by atoms with van der Waals surface area (Å²) in [6.07, 6.45) is 3.36. The molecule has 0 aliphatic heterocycles. The summed E-state index contributed by atoms with van der Waals surface area (Å²) in [5.74, 6) is 0.234. The van der Waals surface area contributed by atoms with E-state index in [1.165, 1.54) is 24.3 Å². The van der Waals surface area contributed by atoms with Crippen LogP contribution in [-0.4, -0.2) is 44.2 Å². The monoisotopic (exact) mass is 439 g/mol. The maximum absolute atomic E-state index is 12.7. The number of nitrogens with one attached hydrogen (secondary N) is 2. The van der Waals surface area contributed by atoms with Gasteiger partial charge >= 0.3 is 0 Å². The second-order valence-corrected chi connectivity index (χ2v) is 9.52. The van der Waals surface area contributed by atoms with Gasteiger partial charge in [-0.05, 0) is 54.8 Å². The predicted octanol–water partition coefficient (Wildman–Crippen LogP) is 2.69. The number of carbonyl (C=O) groups excluding carboxylic acids is 1. The first-order valence-corrected chi connectivity index (χ1v) is 11.5. The summed E-state index contributed by atoms with van der Waals surface area (Å²) < 4.78 is 28.9. The molecule has 1 aromatic heterocycles. The summed E-state index contributed by atoms with van der Waals surface area (Å²) in [4.78, 5) is 14.8. The summed E-state index contributed by atoms with van der Waals surface area (Å²) in [7, 11) is 0.438.